The molecule has 0 unspecified atom stereocenters. The molecule has 1 aromatic carbocycles. The van der Waals surface area contributed by atoms with Gasteiger partial charge in [0.15, 0.2) is 0 Å². The third kappa shape index (κ3) is 3.20. The van der Waals surface area contributed by atoms with Crippen LogP contribution in [0.2, 0.25) is 0 Å². The Labute approximate surface area is 113 Å². The van der Waals surface area contributed by atoms with E-state index in [1.165, 1.54) is 12.1 Å². The van der Waals surface area contributed by atoms with Gasteiger partial charge in [-0.1, -0.05) is 27.7 Å². The Balaban J connectivity index is 0.00000196. The van der Waals surface area contributed by atoms with Crippen LogP contribution in [-0.2, 0) is 0 Å². The number of phenolic OH excluding ortho intramolecular Hbond substituents is 1. The fourth-order valence-electron chi connectivity index (χ4n) is 1.79. The molecule has 15 heavy (non-hydrogen) atoms. The van der Waals surface area contributed by atoms with E-state index >= 15 is 0 Å². The van der Waals surface area contributed by atoms with Crippen molar-refractivity contribution >= 4 is 29.6 Å². The molecule has 0 atom stereocenters. The molecule has 0 aliphatic rings. The average Bonchev–Trinajstić information content (AvgIpc) is 2.07. The van der Waals surface area contributed by atoms with E-state index < -0.39 is 0 Å². The van der Waals surface area contributed by atoms with Crippen molar-refractivity contribution in [2.24, 2.45) is 0 Å². The second-order valence-corrected chi connectivity index (χ2v) is 4.20. The van der Waals surface area contributed by atoms with Crippen LogP contribution >= 0.6 is 0 Å². The molecule has 1 rings (SSSR count). The number of hydrogen-bond acceptors (Lipinski definition) is 1. The molecular weight excluding hydrogens is 202 g/mol. The molecule has 0 heterocycles. The van der Waals surface area contributed by atoms with Gasteiger partial charge in [0, 0.05) is 5.56 Å². The van der Waals surface area contributed by atoms with Gasteiger partial charge in [-0.3, -0.25) is 0 Å². The Morgan fingerprint density at radius 3 is 1.80 bits per heavy atom. The number of phenols is 1. The molecule has 0 aromatic heterocycles. The topological polar surface area (TPSA) is 20.2 Å². The van der Waals surface area contributed by atoms with Gasteiger partial charge in [0.25, 0.3) is 0 Å². The van der Waals surface area contributed by atoms with Gasteiger partial charge in [-0.05, 0) is 29.5 Å². The van der Waals surface area contributed by atoms with Crippen LogP contribution < -0.4 is 0 Å². The molecule has 0 aliphatic carbocycles. The Hall–Kier alpha value is -0.0500. The van der Waals surface area contributed by atoms with Gasteiger partial charge in [-0.25, -0.2) is 4.39 Å². The molecule has 0 bridgehead atoms. The third-order valence-corrected chi connectivity index (χ3v) is 2.37. The molecule has 3 heteroatoms. The van der Waals surface area contributed by atoms with Crippen molar-refractivity contribution < 1.29 is 9.50 Å². The van der Waals surface area contributed by atoms with E-state index in [1.54, 1.807) is 0 Å². The van der Waals surface area contributed by atoms with Crippen LogP contribution in [0.3, 0.4) is 0 Å². The van der Waals surface area contributed by atoms with Gasteiger partial charge in [-0.2, -0.15) is 0 Å². The normalized spacial score (nSPS) is 10.6. The van der Waals surface area contributed by atoms with Crippen molar-refractivity contribution in [3.05, 3.63) is 29.1 Å². The predicted molar refractivity (Wildman–Crippen MR) is 63.4 cm³/mol. The zero-order valence-corrected chi connectivity index (χ0v) is 9.13. The van der Waals surface area contributed by atoms with Crippen LogP contribution in [0.4, 0.5) is 4.39 Å². The van der Waals surface area contributed by atoms with Gasteiger partial charge < -0.3 is 5.11 Å². The van der Waals surface area contributed by atoms with Crippen LogP contribution in [-0.4, -0.2) is 34.7 Å². The number of benzene rings is 1. The summed E-state index contributed by atoms with van der Waals surface area (Å²) in [7, 11) is 0. The summed E-state index contributed by atoms with van der Waals surface area (Å²) in [5.41, 5.74) is 1.38. The standard InChI is InChI=1S/C12H17FO.Na.H/c1-7(2)11-9(13)5-6-10(14)12(11)8(3)4;;/h5-8,14H,1-4H3;;. The van der Waals surface area contributed by atoms with Gasteiger partial charge >= 0.3 is 29.6 Å². The van der Waals surface area contributed by atoms with Crippen molar-refractivity contribution in [2.75, 3.05) is 0 Å². The van der Waals surface area contributed by atoms with E-state index in [9.17, 15) is 9.50 Å². The SMILES string of the molecule is CC(C)c1c(O)ccc(F)c1C(C)C.[NaH]. The average molecular weight is 220 g/mol. The van der Waals surface area contributed by atoms with Gasteiger partial charge in [-0.15, -0.1) is 0 Å². The van der Waals surface area contributed by atoms with Crippen LogP contribution in [0.5, 0.6) is 5.75 Å². The number of aromatic hydroxyl groups is 1. The maximum absolute atomic E-state index is 13.5. The zero-order valence-electron chi connectivity index (χ0n) is 9.13. The third-order valence-electron chi connectivity index (χ3n) is 2.37. The Morgan fingerprint density at radius 1 is 1.00 bits per heavy atom. The summed E-state index contributed by atoms with van der Waals surface area (Å²) >= 11 is 0. The van der Waals surface area contributed by atoms with Crippen LogP contribution in [0.25, 0.3) is 0 Å². The molecule has 0 saturated heterocycles. The van der Waals surface area contributed by atoms with E-state index in [4.69, 9.17) is 0 Å². The summed E-state index contributed by atoms with van der Waals surface area (Å²) in [5.74, 6) is 0.217. The van der Waals surface area contributed by atoms with Crippen molar-refractivity contribution in [3.8, 4) is 5.75 Å². The molecule has 0 spiro atoms. The number of hydrogen-bond donors (Lipinski definition) is 1. The molecule has 1 nitrogen and oxygen atoms in total. The van der Waals surface area contributed by atoms with E-state index in [0.717, 1.165) is 5.56 Å². The monoisotopic (exact) mass is 220 g/mol. The molecule has 0 amide bonds. The first-order chi connectivity index (χ1) is 6.45. The minimum absolute atomic E-state index is 0. The Kier molecular flexibility index (Phi) is 5.86. The fraction of sp³-hybridized carbons (Fsp3) is 0.500. The molecule has 1 aromatic rings. The second kappa shape index (κ2) is 5.88. The molecule has 0 radical (unpaired) electrons. The molecule has 80 valence electrons. The number of rotatable bonds is 2. The first-order valence-corrected chi connectivity index (χ1v) is 4.96. The quantitative estimate of drug-likeness (QED) is 0.759. The maximum atomic E-state index is 13.5. The van der Waals surface area contributed by atoms with Crippen molar-refractivity contribution in [2.45, 2.75) is 39.5 Å². The first-order valence-electron chi connectivity index (χ1n) is 4.96. The summed E-state index contributed by atoms with van der Waals surface area (Å²) in [4.78, 5) is 0. The van der Waals surface area contributed by atoms with Crippen LogP contribution in [0, 0.1) is 5.82 Å². The summed E-state index contributed by atoms with van der Waals surface area (Å²) in [5, 5.41) is 9.67. The molecule has 0 aliphatic heterocycles. The Morgan fingerprint density at radius 2 is 1.47 bits per heavy atom. The second-order valence-electron chi connectivity index (χ2n) is 4.20. The van der Waals surface area contributed by atoms with E-state index in [2.05, 4.69) is 0 Å². The van der Waals surface area contributed by atoms with Crippen LogP contribution in [0.15, 0.2) is 12.1 Å². The van der Waals surface area contributed by atoms with E-state index in [0.29, 0.717) is 5.56 Å². The predicted octanol–water partition coefficient (Wildman–Crippen LogP) is 3.13. The van der Waals surface area contributed by atoms with Crippen molar-refractivity contribution in [1.82, 2.24) is 0 Å². The van der Waals surface area contributed by atoms with Crippen molar-refractivity contribution in [3.63, 3.8) is 0 Å². The number of halogens is 1. The van der Waals surface area contributed by atoms with Gasteiger partial charge in [0.05, 0.1) is 0 Å². The van der Waals surface area contributed by atoms with Crippen molar-refractivity contribution in [1.29, 1.82) is 0 Å². The molecule has 0 saturated carbocycles. The van der Waals surface area contributed by atoms with Gasteiger partial charge in [0.2, 0.25) is 0 Å². The summed E-state index contributed by atoms with van der Waals surface area (Å²) in [6, 6.07) is 2.76. The Bertz CT molecular complexity index is 302. The zero-order chi connectivity index (χ0) is 10.9. The van der Waals surface area contributed by atoms with Crippen LogP contribution in [0.1, 0.15) is 50.7 Å². The van der Waals surface area contributed by atoms with E-state index in [1.807, 2.05) is 27.7 Å². The molecule has 0 fully saturated rings. The minimum atomic E-state index is -0.221. The molecule has 1 N–H and O–H groups in total. The summed E-state index contributed by atoms with van der Waals surface area (Å²) in [6.07, 6.45) is 0. The fourth-order valence-corrected chi connectivity index (χ4v) is 1.79. The summed E-state index contributed by atoms with van der Waals surface area (Å²) < 4.78 is 13.5. The van der Waals surface area contributed by atoms with E-state index in [-0.39, 0.29) is 53.0 Å². The molecular formula is C12H18FNaO. The first kappa shape index (κ1) is 14.9. The van der Waals surface area contributed by atoms with Gasteiger partial charge in [0.1, 0.15) is 11.6 Å². The summed E-state index contributed by atoms with van der Waals surface area (Å²) in [6.45, 7) is 7.79.